The van der Waals surface area contributed by atoms with E-state index < -0.39 is 0 Å². The number of nitrogens with one attached hydrogen (secondary N) is 1. The van der Waals surface area contributed by atoms with Crippen LogP contribution >= 0.6 is 0 Å². The van der Waals surface area contributed by atoms with Crippen molar-refractivity contribution in [2.24, 2.45) is 16.6 Å². The third kappa shape index (κ3) is 1.22. The maximum absolute atomic E-state index is 6.26. The molecule has 2 atom stereocenters. The highest BCUT2D eigenvalue weighted by molar-refractivity contribution is 5.92. The van der Waals surface area contributed by atoms with E-state index in [0.717, 1.165) is 37.7 Å². The molecule has 12 heavy (non-hydrogen) atoms. The summed E-state index contributed by atoms with van der Waals surface area (Å²) >= 11 is 0. The van der Waals surface area contributed by atoms with Gasteiger partial charge in [-0.15, -0.1) is 0 Å². The summed E-state index contributed by atoms with van der Waals surface area (Å²) in [6, 6.07) is 0. The van der Waals surface area contributed by atoms with E-state index in [-0.39, 0.29) is 5.54 Å². The van der Waals surface area contributed by atoms with E-state index in [2.05, 4.69) is 17.2 Å². The Morgan fingerprint density at radius 1 is 1.67 bits per heavy atom. The smallest absolute Gasteiger partial charge is 0.117 e. The fourth-order valence-electron chi connectivity index (χ4n) is 2.28. The predicted molar refractivity (Wildman–Crippen MR) is 50.2 cm³/mol. The molecule has 3 nitrogen and oxygen atoms in total. The first kappa shape index (κ1) is 8.05. The Hall–Kier alpha value is -0.570. The molecular formula is C9H17N3. The number of rotatable bonds is 1. The highest BCUT2D eigenvalue weighted by atomic mass is 15.1. The van der Waals surface area contributed by atoms with Crippen LogP contribution in [0.5, 0.6) is 0 Å². The zero-order chi connectivity index (χ0) is 8.60. The van der Waals surface area contributed by atoms with E-state index in [9.17, 15) is 0 Å². The minimum Gasteiger partial charge on any atom is -0.370 e. The van der Waals surface area contributed by atoms with Crippen molar-refractivity contribution in [3.63, 3.8) is 0 Å². The Morgan fingerprint density at radius 2 is 2.50 bits per heavy atom. The van der Waals surface area contributed by atoms with Crippen LogP contribution in [-0.2, 0) is 0 Å². The van der Waals surface area contributed by atoms with Crippen LogP contribution in [0.3, 0.4) is 0 Å². The van der Waals surface area contributed by atoms with Crippen molar-refractivity contribution in [3.8, 4) is 0 Å². The Bertz CT molecular complexity index is 212. The lowest BCUT2D eigenvalue weighted by Gasteiger charge is -2.24. The molecule has 0 amide bonds. The van der Waals surface area contributed by atoms with Gasteiger partial charge in [-0.05, 0) is 25.2 Å². The molecule has 2 aliphatic rings. The van der Waals surface area contributed by atoms with Gasteiger partial charge in [0, 0.05) is 6.54 Å². The number of amidine groups is 1. The van der Waals surface area contributed by atoms with Crippen molar-refractivity contribution in [3.05, 3.63) is 0 Å². The van der Waals surface area contributed by atoms with E-state index in [1.807, 2.05) is 0 Å². The zero-order valence-corrected chi connectivity index (χ0v) is 7.64. The van der Waals surface area contributed by atoms with E-state index >= 15 is 0 Å². The summed E-state index contributed by atoms with van der Waals surface area (Å²) in [5.41, 5.74) is 6.15. The van der Waals surface area contributed by atoms with Gasteiger partial charge in [-0.2, -0.15) is 0 Å². The largest absolute Gasteiger partial charge is 0.370 e. The van der Waals surface area contributed by atoms with Gasteiger partial charge in [0.1, 0.15) is 5.84 Å². The summed E-state index contributed by atoms with van der Waals surface area (Å²) in [7, 11) is 0. The van der Waals surface area contributed by atoms with E-state index in [1.165, 1.54) is 6.42 Å². The van der Waals surface area contributed by atoms with Gasteiger partial charge < -0.3 is 11.1 Å². The van der Waals surface area contributed by atoms with Crippen LogP contribution in [0.2, 0.25) is 0 Å². The molecule has 2 unspecified atom stereocenters. The Morgan fingerprint density at radius 3 is 3.00 bits per heavy atom. The quantitative estimate of drug-likeness (QED) is 0.597. The Labute approximate surface area is 73.4 Å². The van der Waals surface area contributed by atoms with Crippen LogP contribution in [0.15, 0.2) is 4.99 Å². The Balaban J connectivity index is 2.10. The zero-order valence-electron chi connectivity index (χ0n) is 7.64. The average molecular weight is 167 g/mol. The number of hydrogen-bond acceptors (Lipinski definition) is 3. The number of hydrogen-bond donors (Lipinski definition) is 2. The van der Waals surface area contributed by atoms with Crippen LogP contribution in [0.4, 0.5) is 0 Å². The van der Waals surface area contributed by atoms with Crippen molar-refractivity contribution in [2.45, 2.75) is 31.7 Å². The van der Waals surface area contributed by atoms with Crippen LogP contribution in [0.25, 0.3) is 0 Å². The third-order valence-electron chi connectivity index (χ3n) is 2.94. The fraction of sp³-hybridized carbons (Fsp3) is 0.889. The van der Waals surface area contributed by atoms with Crippen molar-refractivity contribution >= 4 is 5.84 Å². The first-order valence-corrected chi connectivity index (χ1v) is 4.78. The molecule has 1 heterocycles. The molecule has 1 fully saturated rings. The van der Waals surface area contributed by atoms with Gasteiger partial charge in [0.05, 0.1) is 12.1 Å². The summed E-state index contributed by atoms with van der Waals surface area (Å²) < 4.78 is 0. The van der Waals surface area contributed by atoms with Crippen molar-refractivity contribution in [1.82, 2.24) is 5.32 Å². The molecular weight excluding hydrogens is 150 g/mol. The average Bonchev–Trinajstić information content (AvgIpc) is 2.59. The molecule has 0 aromatic rings. The van der Waals surface area contributed by atoms with Crippen molar-refractivity contribution < 1.29 is 0 Å². The minimum absolute atomic E-state index is 0.115. The maximum Gasteiger partial charge on any atom is 0.117 e. The SMILES string of the molecule is CC1CCC(N)(C2=NCCN2)C1. The molecule has 3 N–H and O–H groups in total. The fourth-order valence-corrected chi connectivity index (χ4v) is 2.28. The highest BCUT2D eigenvalue weighted by Gasteiger charge is 2.39. The molecule has 0 radical (unpaired) electrons. The lowest BCUT2D eigenvalue weighted by molar-refractivity contribution is 0.535. The van der Waals surface area contributed by atoms with Gasteiger partial charge in [-0.25, -0.2) is 0 Å². The molecule has 0 spiro atoms. The molecule has 1 aliphatic carbocycles. The van der Waals surface area contributed by atoms with Crippen LogP contribution < -0.4 is 11.1 Å². The van der Waals surface area contributed by atoms with Crippen molar-refractivity contribution in [2.75, 3.05) is 13.1 Å². The summed E-state index contributed by atoms with van der Waals surface area (Å²) in [6.45, 7) is 4.15. The second-order valence-corrected chi connectivity index (χ2v) is 4.16. The first-order valence-electron chi connectivity index (χ1n) is 4.78. The van der Waals surface area contributed by atoms with Crippen LogP contribution in [0, 0.1) is 5.92 Å². The summed E-state index contributed by atoms with van der Waals surface area (Å²) in [4.78, 5) is 4.40. The third-order valence-corrected chi connectivity index (χ3v) is 2.94. The van der Waals surface area contributed by atoms with Crippen LogP contribution in [0.1, 0.15) is 26.2 Å². The minimum atomic E-state index is -0.115. The monoisotopic (exact) mass is 167 g/mol. The highest BCUT2D eigenvalue weighted by Crippen LogP contribution is 2.33. The van der Waals surface area contributed by atoms with Gasteiger partial charge in [-0.1, -0.05) is 6.92 Å². The lowest BCUT2D eigenvalue weighted by atomic mass is 9.96. The molecule has 0 aromatic heterocycles. The maximum atomic E-state index is 6.26. The second kappa shape index (κ2) is 2.73. The standard InChI is InChI=1S/C9H17N3/c1-7-2-3-9(10,6-7)8-11-4-5-12-8/h7H,2-6,10H2,1H3,(H,11,12). The molecule has 1 saturated carbocycles. The first-order chi connectivity index (χ1) is 5.71. The predicted octanol–water partition coefficient (Wildman–Crippen LogP) is 0.506. The van der Waals surface area contributed by atoms with Gasteiger partial charge in [0.2, 0.25) is 0 Å². The van der Waals surface area contributed by atoms with Gasteiger partial charge in [0.15, 0.2) is 0 Å². The van der Waals surface area contributed by atoms with E-state index in [0.29, 0.717) is 0 Å². The Kier molecular flexibility index (Phi) is 1.83. The molecule has 3 heteroatoms. The number of aliphatic imine (C=N–C) groups is 1. The summed E-state index contributed by atoms with van der Waals surface area (Å²) in [6.07, 6.45) is 3.44. The van der Waals surface area contributed by atoms with Crippen LogP contribution in [-0.4, -0.2) is 24.5 Å². The van der Waals surface area contributed by atoms with E-state index in [1.54, 1.807) is 0 Å². The number of nitrogens with zero attached hydrogens (tertiary/aromatic N) is 1. The topological polar surface area (TPSA) is 50.4 Å². The molecule has 68 valence electrons. The normalized spacial score (nSPS) is 41.2. The molecule has 1 aliphatic heterocycles. The lowest BCUT2D eigenvalue weighted by Crippen LogP contribution is -2.50. The number of nitrogens with two attached hydrogens (primary N) is 1. The van der Waals surface area contributed by atoms with Gasteiger partial charge in [0.25, 0.3) is 0 Å². The summed E-state index contributed by atoms with van der Waals surface area (Å²) in [5, 5.41) is 3.28. The van der Waals surface area contributed by atoms with Gasteiger partial charge >= 0.3 is 0 Å². The molecule has 2 rings (SSSR count). The van der Waals surface area contributed by atoms with E-state index in [4.69, 9.17) is 5.73 Å². The summed E-state index contributed by atoms with van der Waals surface area (Å²) in [5.74, 6) is 1.83. The molecule has 0 bridgehead atoms. The van der Waals surface area contributed by atoms with Gasteiger partial charge in [-0.3, -0.25) is 4.99 Å². The second-order valence-electron chi connectivity index (χ2n) is 4.16. The molecule has 0 saturated heterocycles. The molecule has 0 aromatic carbocycles. The van der Waals surface area contributed by atoms with Crippen molar-refractivity contribution in [1.29, 1.82) is 0 Å².